The van der Waals surface area contributed by atoms with Crippen molar-refractivity contribution in [2.75, 3.05) is 39.4 Å². The summed E-state index contributed by atoms with van der Waals surface area (Å²) in [6.45, 7) is 21.2. The Morgan fingerprint density at radius 2 is 1.40 bits per heavy atom. The van der Waals surface area contributed by atoms with Gasteiger partial charge in [0.15, 0.2) is 0 Å². The van der Waals surface area contributed by atoms with Crippen LogP contribution in [0.4, 0.5) is 0 Å². The smallest absolute Gasteiger partial charge is 0.335 e. The standard InChI is InChI=1S/C46H74N2O9/c1-39(2,55-29-51)26-35(52)56-34-14-15-43(7)32(40(34,3)4)13-16-45(9)33(43)11-10-31-36-30(41(5)18-19-41)12-17-46(36,21-20-44(31,45)8)37(53)47-22-24-48(25-23-47)57-38(54)42(6,27-49)28-50/h29-34,36,49-50H,10-28H2,1-9H3/t30-,31-,32+,33-,34+,36-,43+,44-,45-,46+/m1/s1. The van der Waals surface area contributed by atoms with E-state index in [1.807, 2.05) is 0 Å². The molecule has 7 aliphatic rings. The lowest BCUT2D eigenvalue weighted by Gasteiger charge is -2.73. The Labute approximate surface area is 341 Å². The van der Waals surface area contributed by atoms with Crippen LogP contribution in [0.25, 0.3) is 0 Å². The Morgan fingerprint density at radius 1 is 0.737 bits per heavy atom. The zero-order valence-electron chi connectivity index (χ0n) is 36.6. The first kappa shape index (κ1) is 42.9. The molecule has 7 rings (SSSR count). The fourth-order valence-corrected chi connectivity index (χ4v) is 14.9. The molecule has 11 heteroatoms. The summed E-state index contributed by atoms with van der Waals surface area (Å²) in [5.41, 5.74) is -2.13. The SMILES string of the molecule is CC(C)(CC(=O)O[C@H]1CC[C@]2(C)[C@H]3CC[C@@H]4[C@H]5[C@H](C6(C)CC6)CC[C@]5(C(=O)N5CCN(OC(=O)C(C)(CO)CO)CC5)CC[C@@]4(C)[C@]3(C)CC[C@H]2C1(C)C)OC=O. The van der Waals surface area contributed by atoms with E-state index in [0.29, 0.717) is 73.6 Å². The van der Waals surface area contributed by atoms with Crippen molar-refractivity contribution in [3.8, 4) is 0 Å². The molecule has 322 valence electrons. The molecule has 0 spiro atoms. The van der Waals surface area contributed by atoms with E-state index in [0.717, 1.165) is 57.8 Å². The van der Waals surface area contributed by atoms with Gasteiger partial charge in [-0.15, -0.1) is 5.06 Å². The second-order valence-electron chi connectivity index (χ2n) is 22.6. The normalized spacial score (nSPS) is 41.1. The first-order chi connectivity index (χ1) is 26.6. The minimum atomic E-state index is -1.37. The van der Waals surface area contributed by atoms with Crippen molar-refractivity contribution in [2.24, 2.45) is 67.5 Å². The molecular weight excluding hydrogens is 725 g/mol. The Bertz CT molecular complexity index is 1580. The van der Waals surface area contributed by atoms with Crippen molar-refractivity contribution >= 4 is 24.3 Å². The third-order valence-corrected chi connectivity index (χ3v) is 18.9. The quantitative estimate of drug-likeness (QED) is 0.171. The molecule has 1 amide bonds. The van der Waals surface area contributed by atoms with E-state index in [9.17, 15) is 24.6 Å². The number of hydrogen-bond acceptors (Lipinski definition) is 10. The van der Waals surface area contributed by atoms with Crippen molar-refractivity contribution in [3.63, 3.8) is 0 Å². The van der Waals surface area contributed by atoms with Crippen LogP contribution in [-0.4, -0.2) is 95.6 Å². The van der Waals surface area contributed by atoms with Crippen LogP contribution < -0.4 is 0 Å². The van der Waals surface area contributed by atoms with Crippen LogP contribution in [-0.2, 0) is 33.5 Å². The van der Waals surface area contributed by atoms with Crippen LogP contribution in [0.1, 0.15) is 146 Å². The number of hydrogen-bond donors (Lipinski definition) is 2. The molecule has 57 heavy (non-hydrogen) atoms. The van der Waals surface area contributed by atoms with Gasteiger partial charge in [-0.2, -0.15) is 0 Å². The lowest BCUT2D eigenvalue weighted by molar-refractivity contribution is -0.252. The molecule has 7 fully saturated rings. The highest BCUT2D eigenvalue weighted by atomic mass is 16.7. The third kappa shape index (κ3) is 6.69. The van der Waals surface area contributed by atoms with Crippen molar-refractivity contribution in [3.05, 3.63) is 0 Å². The summed E-state index contributed by atoms with van der Waals surface area (Å²) >= 11 is 0. The van der Waals surface area contributed by atoms with E-state index in [1.165, 1.54) is 26.2 Å². The average molecular weight is 799 g/mol. The zero-order valence-corrected chi connectivity index (χ0v) is 36.6. The van der Waals surface area contributed by atoms with Gasteiger partial charge < -0.3 is 29.4 Å². The van der Waals surface area contributed by atoms with Gasteiger partial charge in [-0.3, -0.25) is 14.4 Å². The summed E-state index contributed by atoms with van der Waals surface area (Å²) in [5.74, 6) is 1.74. The third-order valence-electron chi connectivity index (χ3n) is 18.9. The highest BCUT2D eigenvalue weighted by molar-refractivity contribution is 5.84. The van der Waals surface area contributed by atoms with E-state index in [4.69, 9.17) is 14.3 Å². The van der Waals surface area contributed by atoms with Crippen molar-refractivity contribution in [2.45, 2.75) is 157 Å². The van der Waals surface area contributed by atoms with Gasteiger partial charge in [0.1, 0.15) is 17.1 Å². The van der Waals surface area contributed by atoms with Crippen LogP contribution >= 0.6 is 0 Å². The number of ether oxygens (including phenoxy) is 2. The summed E-state index contributed by atoms with van der Waals surface area (Å²) < 4.78 is 11.4. The number of carbonyl (C=O) groups excluding carboxylic acids is 4. The molecule has 0 unspecified atom stereocenters. The van der Waals surface area contributed by atoms with E-state index < -0.39 is 30.2 Å². The fraction of sp³-hybridized carbons (Fsp3) is 0.913. The summed E-state index contributed by atoms with van der Waals surface area (Å²) in [6.07, 6.45) is 12.9. The van der Waals surface area contributed by atoms with Gasteiger partial charge in [0.2, 0.25) is 5.91 Å². The predicted molar refractivity (Wildman–Crippen MR) is 214 cm³/mol. The summed E-state index contributed by atoms with van der Waals surface area (Å²) in [6, 6.07) is 0. The van der Waals surface area contributed by atoms with Crippen LogP contribution in [0.15, 0.2) is 0 Å². The maximum atomic E-state index is 15.2. The molecule has 0 bridgehead atoms. The average Bonchev–Trinajstić information content (AvgIpc) is 3.77. The molecular formula is C46H74N2O9. The monoisotopic (exact) mass is 799 g/mol. The summed E-state index contributed by atoms with van der Waals surface area (Å²) in [7, 11) is 0. The molecule has 0 aromatic rings. The van der Waals surface area contributed by atoms with Crippen LogP contribution in [0.5, 0.6) is 0 Å². The Morgan fingerprint density at radius 3 is 2.02 bits per heavy atom. The van der Waals surface area contributed by atoms with E-state index in [2.05, 4.69) is 46.4 Å². The number of fused-ring (bicyclic) bond motifs is 7. The van der Waals surface area contributed by atoms with Gasteiger partial charge in [-0.25, -0.2) is 4.79 Å². The maximum Gasteiger partial charge on any atom is 0.335 e. The van der Waals surface area contributed by atoms with Gasteiger partial charge in [0.05, 0.1) is 38.1 Å². The number of carbonyl (C=O) groups is 4. The van der Waals surface area contributed by atoms with Crippen LogP contribution in [0.3, 0.4) is 0 Å². The molecule has 1 saturated heterocycles. The predicted octanol–water partition coefficient (Wildman–Crippen LogP) is 6.71. The maximum absolute atomic E-state index is 15.2. The number of piperazine rings is 1. The molecule has 2 N–H and O–H groups in total. The van der Waals surface area contributed by atoms with Crippen molar-refractivity contribution in [1.82, 2.24) is 9.96 Å². The zero-order chi connectivity index (χ0) is 41.6. The van der Waals surface area contributed by atoms with Crippen LogP contribution in [0.2, 0.25) is 0 Å². The van der Waals surface area contributed by atoms with Gasteiger partial charge in [0, 0.05) is 18.5 Å². The molecule has 1 heterocycles. The number of nitrogens with zero attached hydrogens (tertiary/aromatic N) is 2. The molecule has 0 aromatic carbocycles. The first-order valence-electron chi connectivity index (χ1n) is 22.4. The summed E-state index contributed by atoms with van der Waals surface area (Å²) in [5, 5.41) is 21.0. The molecule has 6 saturated carbocycles. The molecule has 11 nitrogen and oxygen atoms in total. The topological polar surface area (TPSA) is 143 Å². The Balaban J connectivity index is 1.10. The highest BCUT2D eigenvalue weighted by Gasteiger charge is 2.74. The van der Waals surface area contributed by atoms with Gasteiger partial charge in [0.25, 0.3) is 6.47 Å². The minimum Gasteiger partial charge on any atom is -0.462 e. The van der Waals surface area contributed by atoms with Gasteiger partial charge >= 0.3 is 11.9 Å². The number of amides is 1. The van der Waals surface area contributed by atoms with E-state index in [1.54, 1.807) is 18.9 Å². The number of aliphatic hydroxyl groups is 2. The van der Waals surface area contributed by atoms with Crippen molar-refractivity contribution < 1.29 is 43.7 Å². The van der Waals surface area contributed by atoms with Crippen molar-refractivity contribution in [1.29, 1.82) is 0 Å². The Hall–Kier alpha value is -2.24. The number of esters is 1. The Kier molecular flexibility index (Phi) is 10.9. The fourth-order valence-electron chi connectivity index (χ4n) is 14.9. The summed E-state index contributed by atoms with van der Waals surface area (Å²) in [4.78, 5) is 59.9. The number of aliphatic hydroxyl groups excluding tert-OH is 2. The molecule has 1 aliphatic heterocycles. The second kappa shape index (κ2) is 14.5. The molecule has 10 atom stereocenters. The largest absolute Gasteiger partial charge is 0.462 e. The lowest BCUT2D eigenvalue weighted by Crippen LogP contribution is -2.68. The molecule has 6 aliphatic carbocycles. The first-order valence-corrected chi connectivity index (χ1v) is 22.4. The van der Waals surface area contributed by atoms with E-state index in [-0.39, 0.29) is 45.6 Å². The molecule has 0 radical (unpaired) electrons. The van der Waals surface area contributed by atoms with Gasteiger partial charge in [-0.1, -0.05) is 41.5 Å². The second-order valence-corrected chi connectivity index (χ2v) is 22.6. The van der Waals surface area contributed by atoms with E-state index >= 15 is 4.79 Å². The number of hydroxylamine groups is 2. The van der Waals surface area contributed by atoms with Gasteiger partial charge in [-0.05, 0) is 149 Å². The lowest BCUT2D eigenvalue weighted by atomic mass is 9.32. The van der Waals surface area contributed by atoms with Crippen LogP contribution in [0, 0.1) is 67.5 Å². The number of rotatable bonds is 11. The molecule has 0 aromatic heterocycles. The minimum absolute atomic E-state index is 0.0356. The highest BCUT2D eigenvalue weighted by Crippen LogP contribution is 2.79.